The summed E-state index contributed by atoms with van der Waals surface area (Å²) in [5.41, 5.74) is 9.52. The number of hydrogen-bond donors (Lipinski definition) is 0. The van der Waals surface area contributed by atoms with Crippen LogP contribution in [-0.4, -0.2) is 19.9 Å². The highest BCUT2D eigenvalue weighted by Gasteiger charge is 2.49. The molecule has 2 aliphatic rings. The Balaban J connectivity index is 1.05. The van der Waals surface area contributed by atoms with E-state index in [1.54, 1.807) is 0 Å². The maximum Gasteiger partial charge on any atom is 0.172 e. The van der Waals surface area contributed by atoms with Gasteiger partial charge in [0.05, 0.1) is 48.0 Å². The Labute approximate surface area is 348 Å². The predicted molar refractivity (Wildman–Crippen MR) is 241 cm³/mol. The minimum Gasteiger partial charge on any atom is -0.309 e. The summed E-state index contributed by atoms with van der Waals surface area (Å²) in [6.07, 6.45) is 7.60. The second-order valence-electron chi connectivity index (χ2n) is 15.0. The van der Waals surface area contributed by atoms with E-state index in [2.05, 4.69) is 88.7 Å². The topological polar surface area (TPSA) is 75.1 Å². The van der Waals surface area contributed by atoms with Crippen LogP contribution in [0.2, 0.25) is 0 Å². The lowest BCUT2D eigenvalue weighted by Gasteiger charge is -2.41. The Kier molecular flexibility index (Phi) is 8.75. The summed E-state index contributed by atoms with van der Waals surface area (Å²) in [5, 5.41) is 2.48. The smallest absolute Gasteiger partial charge is 0.172 e. The van der Waals surface area contributed by atoms with Crippen molar-refractivity contribution in [2.45, 2.75) is 11.8 Å². The van der Waals surface area contributed by atoms with Crippen molar-refractivity contribution in [3.05, 3.63) is 247 Å². The zero-order valence-corrected chi connectivity index (χ0v) is 33.3. The van der Waals surface area contributed by atoms with Crippen molar-refractivity contribution in [2.24, 2.45) is 0 Å². The van der Waals surface area contributed by atoms with Crippen LogP contribution in [0.15, 0.2) is 213 Å². The normalized spacial score (nSPS) is 17.1. The van der Waals surface area contributed by atoms with Gasteiger partial charge in [-0.25, -0.2) is 19.9 Å². The van der Waals surface area contributed by atoms with Gasteiger partial charge in [0.25, 0.3) is 0 Å². The summed E-state index contributed by atoms with van der Waals surface area (Å²) < 4.78 is 16.3. The van der Waals surface area contributed by atoms with Gasteiger partial charge in [-0.2, -0.15) is 0 Å². The average Bonchev–Trinajstić information content (AvgIpc) is 3.32. The molecule has 0 spiro atoms. The molecule has 9 aromatic rings. The molecule has 0 radical (unpaired) electrons. The van der Waals surface area contributed by atoms with Gasteiger partial charge in [-0.15, -0.1) is 0 Å². The molecule has 286 valence electrons. The summed E-state index contributed by atoms with van der Waals surface area (Å²) in [6.45, 7) is 0. The van der Waals surface area contributed by atoms with E-state index in [0.717, 1.165) is 72.3 Å². The van der Waals surface area contributed by atoms with Gasteiger partial charge in [-0.3, -0.25) is 0 Å². The van der Waals surface area contributed by atoms with Gasteiger partial charge in [-0.1, -0.05) is 140 Å². The number of para-hydroxylation sites is 4. The molecule has 0 amide bonds. The van der Waals surface area contributed by atoms with Gasteiger partial charge in [-0.05, 0) is 70.8 Å². The molecule has 60 heavy (non-hydrogen) atoms. The van der Waals surface area contributed by atoms with Crippen LogP contribution in [0.25, 0.3) is 0 Å². The SMILES string of the molecule is O=P12c3ccccc3C(c3ncc(N(c4ccccc4)c4ccccc4)cn3)c3cccc(c31)C(c1ncc(N(c3ccccc3)c3ccccc3)cn1)c1ccccc12. The molecule has 2 atom stereocenters. The van der Waals surface area contributed by atoms with Crippen LogP contribution < -0.4 is 25.7 Å². The lowest BCUT2D eigenvalue weighted by molar-refractivity contribution is 0.590. The zero-order valence-electron chi connectivity index (χ0n) is 32.4. The summed E-state index contributed by atoms with van der Waals surface area (Å²) in [7, 11) is -3.37. The first-order valence-corrected chi connectivity index (χ1v) is 21.8. The highest BCUT2D eigenvalue weighted by Crippen LogP contribution is 2.57. The molecule has 8 heteroatoms. The molecule has 0 bridgehead atoms. The fourth-order valence-corrected chi connectivity index (χ4v) is 12.7. The van der Waals surface area contributed by atoms with Gasteiger partial charge in [0.15, 0.2) is 7.14 Å². The summed E-state index contributed by atoms with van der Waals surface area (Å²) >= 11 is 0. The number of fused-ring (bicyclic) bond motifs is 4. The lowest BCUT2D eigenvalue weighted by Crippen LogP contribution is -2.43. The van der Waals surface area contributed by atoms with Crippen molar-refractivity contribution in [3.63, 3.8) is 0 Å². The Morgan fingerprint density at radius 1 is 0.333 bits per heavy atom. The van der Waals surface area contributed by atoms with E-state index in [-0.39, 0.29) is 11.8 Å². The largest absolute Gasteiger partial charge is 0.309 e. The van der Waals surface area contributed by atoms with E-state index in [4.69, 9.17) is 19.9 Å². The molecule has 0 fully saturated rings. The van der Waals surface area contributed by atoms with Gasteiger partial charge in [0, 0.05) is 38.7 Å². The van der Waals surface area contributed by atoms with E-state index in [0.29, 0.717) is 11.6 Å². The molecule has 2 aliphatic heterocycles. The first kappa shape index (κ1) is 35.7. The maximum absolute atomic E-state index is 16.3. The summed E-state index contributed by atoms with van der Waals surface area (Å²) in [4.78, 5) is 24.8. The highest BCUT2D eigenvalue weighted by atomic mass is 31.2. The second-order valence-corrected chi connectivity index (χ2v) is 17.6. The van der Waals surface area contributed by atoms with Gasteiger partial charge >= 0.3 is 0 Å². The molecule has 7 aromatic carbocycles. The number of hydrogen-bond acceptors (Lipinski definition) is 7. The van der Waals surface area contributed by atoms with Crippen LogP contribution >= 0.6 is 7.14 Å². The van der Waals surface area contributed by atoms with E-state index < -0.39 is 7.14 Å². The number of nitrogens with zero attached hydrogens (tertiary/aromatic N) is 6. The minimum absolute atomic E-state index is 0.353. The van der Waals surface area contributed by atoms with Crippen LogP contribution in [0.3, 0.4) is 0 Å². The Hall–Kier alpha value is -7.47. The number of aromatic nitrogens is 4. The Bertz CT molecular complexity index is 2740. The third kappa shape index (κ3) is 5.77. The fourth-order valence-electron chi connectivity index (χ4n) is 9.10. The molecule has 11 rings (SSSR count). The zero-order chi connectivity index (χ0) is 40.0. The fraction of sp³-hybridized carbons (Fsp3) is 0.0385. The van der Waals surface area contributed by atoms with Crippen LogP contribution in [0.5, 0.6) is 0 Å². The summed E-state index contributed by atoms with van der Waals surface area (Å²) in [6, 6.07) is 63.6. The molecule has 4 heterocycles. The molecule has 2 unspecified atom stereocenters. The van der Waals surface area contributed by atoms with Crippen LogP contribution in [0.1, 0.15) is 45.7 Å². The number of benzene rings is 7. The monoisotopic (exact) mass is 792 g/mol. The third-order valence-electron chi connectivity index (χ3n) is 11.6. The second kappa shape index (κ2) is 14.7. The van der Waals surface area contributed by atoms with Gasteiger partial charge in [0.1, 0.15) is 11.6 Å². The molecule has 7 nitrogen and oxygen atoms in total. The summed E-state index contributed by atoms with van der Waals surface area (Å²) in [5.74, 6) is 0.581. The average molecular weight is 793 g/mol. The van der Waals surface area contributed by atoms with Crippen molar-refractivity contribution < 1.29 is 4.57 Å². The molecular formula is C52H37N6OP. The maximum atomic E-state index is 16.3. The van der Waals surface area contributed by atoms with Crippen molar-refractivity contribution in [1.82, 2.24) is 19.9 Å². The van der Waals surface area contributed by atoms with Crippen molar-refractivity contribution >= 4 is 57.2 Å². The molecular weight excluding hydrogens is 756 g/mol. The van der Waals surface area contributed by atoms with Crippen LogP contribution in [0, 0.1) is 0 Å². The molecule has 0 aliphatic carbocycles. The van der Waals surface area contributed by atoms with Crippen molar-refractivity contribution in [2.75, 3.05) is 9.80 Å². The van der Waals surface area contributed by atoms with Gasteiger partial charge < -0.3 is 14.4 Å². The third-order valence-corrected chi connectivity index (χ3v) is 14.9. The Morgan fingerprint density at radius 3 is 0.983 bits per heavy atom. The van der Waals surface area contributed by atoms with E-state index in [9.17, 15) is 0 Å². The quantitative estimate of drug-likeness (QED) is 0.142. The number of anilines is 6. The minimum atomic E-state index is -3.37. The standard InChI is InChI=1S/C52H37N6OP/c59-60-46-30-15-13-26-42(46)48(51-53-32-40(33-54-51)57(36-18-5-1-6-19-36)37-20-7-2-8-21-37)44-28-17-29-45(50(44)60)49(43-27-14-16-31-47(43)60)52-55-34-41(35-56-52)58(38-22-9-3-10-23-38)39-24-11-4-12-25-39/h1-35,48-49H. The van der Waals surface area contributed by atoms with Crippen molar-refractivity contribution in [3.8, 4) is 0 Å². The number of rotatable bonds is 8. The highest BCUT2D eigenvalue weighted by molar-refractivity contribution is 7.86. The van der Waals surface area contributed by atoms with Crippen LogP contribution in [-0.2, 0) is 4.57 Å². The van der Waals surface area contributed by atoms with Crippen LogP contribution in [0.4, 0.5) is 34.1 Å². The first-order valence-electron chi connectivity index (χ1n) is 20.1. The molecule has 2 aromatic heterocycles. The molecule has 0 saturated carbocycles. The van der Waals surface area contributed by atoms with Crippen molar-refractivity contribution in [1.29, 1.82) is 0 Å². The lowest BCUT2D eigenvalue weighted by atomic mass is 9.83. The first-order chi connectivity index (χ1) is 29.7. The van der Waals surface area contributed by atoms with E-state index in [1.807, 2.05) is 134 Å². The molecule has 0 saturated heterocycles. The van der Waals surface area contributed by atoms with E-state index >= 15 is 4.57 Å². The van der Waals surface area contributed by atoms with E-state index in [1.165, 1.54) is 0 Å². The molecule has 0 N–H and O–H groups in total. The van der Waals surface area contributed by atoms with Gasteiger partial charge in [0.2, 0.25) is 0 Å². The predicted octanol–water partition coefficient (Wildman–Crippen LogP) is 10.8. The Morgan fingerprint density at radius 2 is 0.633 bits per heavy atom.